The van der Waals surface area contributed by atoms with Gasteiger partial charge in [0.1, 0.15) is 0 Å². The minimum Gasteiger partial charge on any atom is -0.309 e. The van der Waals surface area contributed by atoms with Crippen LogP contribution in [-0.4, -0.2) is 37.1 Å². The summed E-state index contributed by atoms with van der Waals surface area (Å²) in [5.74, 6) is 0. The fourth-order valence-corrected chi connectivity index (χ4v) is 3.25. The average molecular weight is 298 g/mol. The summed E-state index contributed by atoms with van der Waals surface area (Å²) < 4.78 is 0. The lowest BCUT2D eigenvalue weighted by Gasteiger charge is -2.15. The molecule has 1 aromatic rings. The van der Waals surface area contributed by atoms with Crippen LogP contribution < -0.4 is 5.32 Å². The number of nitrogens with one attached hydrogen (secondary N) is 1. The molecule has 20 heavy (non-hydrogen) atoms. The van der Waals surface area contributed by atoms with Crippen molar-refractivity contribution in [3.05, 3.63) is 15.6 Å². The van der Waals surface area contributed by atoms with Crippen LogP contribution in [0.25, 0.3) is 0 Å². The van der Waals surface area contributed by atoms with Gasteiger partial charge in [-0.2, -0.15) is 0 Å². The number of rotatable bonds is 7. The number of unbranched alkanes of at least 4 members (excludes halogenated alkanes) is 1. The van der Waals surface area contributed by atoms with Crippen LogP contribution in [0.5, 0.6) is 0 Å². The Labute approximate surface area is 128 Å². The van der Waals surface area contributed by atoms with Crippen molar-refractivity contribution in [2.75, 3.05) is 27.2 Å². The van der Waals surface area contributed by atoms with Crippen LogP contribution in [0.4, 0.5) is 0 Å². The predicted molar refractivity (Wildman–Crippen MR) is 89.8 cm³/mol. The number of nitrogens with zero attached hydrogens (tertiary/aromatic N) is 2. The highest BCUT2D eigenvalue weighted by Crippen LogP contribution is 2.32. The number of hydrogen-bond donors (Lipinski definition) is 1. The van der Waals surface area contributed by atoms with Gasteiger partial charge in [-0.15, -0.1) is 11.3 Å². The van der Waals surface area contributed by atoms with E-state index in [0.29, 0.717) is 6.04 Å². The molecule has 0 amide bonds. The van der Waals surface area contributed by atoms with E-state index < -0.39 is 0 Å². The smallest absolute Gasteiger partial charge is 0.0985 e. The second-order valence-corrected chi connectivity index (χ2v) is 7.94. The third-order valence-electron chi connectivity index (χ3n) is 3.35. The van der Waals surface area contributed by atoms with E-state index >= 15 is 0 Å². The maximum Gasteiger partial charge on any atom is 0.0985 e. The van der Waals surface area contributed by atoms with Gasteiger partial charge in [0.05, 0.1) is 10.7 Å². The van der Waals surface area contributed by atoms with Crippen LogP contribution in [0, 0.1) is 6.92 Å². The van der Waals surface area contributed by atoms with Gasteiger partial charge < -0.3 is 10.2 Å². The molecule has 0 spiro atoms. The van der Waals surface area contributed by atoms with E-state index in [1.807, 2.05) is 11.3 Å². The normalized spacial score (nSPS) is 14.0. The van der Waals surface area contributed by atoms with Crippen LogP contribution in [0.1, 0.15) is 62.2 Å². The summed E-state index contributed by atoms with van der Waals surface area (Å²) >= 11 is 1.86. The second-order valence-electron chi connectivity index (χ2n) is 6.90. The highest BCUT2D eigenvalue weighted by Gasteiger charge is 2.22. The zero-order valence-electron chi connectivity index (χ0n) is 14.2. The lowest BCUT2D eigenvalue weighted by molar-refractivity contribution is 0.389. The third-order valence-corrected chi connectivity index (χ3v) is 5.12. The minimum atomic E-state index is 0.152. The van der Waals surface area contributed by atoms with Crippen LogP contribution in [0.2, 0.25) is 0 Å². The predicted octanol–water partition coefficient (Wildman–Crippen LogP) is 3.74. The standard InChI is InChI=1S/C16H31N3S/c1-12(17-10-8-9-11-19(6)7)14-13(2)18-15(20-14)16(3,4)5/h12,17H,8-11H2,1-7H3. The Morgan fingerprint density at radius 3 is 2.40 bits per heavy atom. The Balaban J connectivity index is 2.47. The average Bonchev–Trinajstić information content (AvgIpc) is 2.70. The summed E-state index contributed by atoms with van der Waals surface area (Å²) in [4.78, 5) is 8.38. The molecule has 1 rings (SSSR count). The molecule has 0 aliphatic carbocycles. The van der Waals surface area contributed by atoms with E-state index in [1.165, 1.54) is 35.0 Å². The van der Waals surface area contributed by atoms with E-state index in [2.05, 4.69) is 58.9 Å². The number of aryl methyl sites for hydroxylation is 1. The van der Waals surface area contributed by atoms with Crippen molar-refractivity contribution in [3.63, 3.8) is 0 Å². The van der Waals surface area contributed by atoms with Crippen molar-refractivity contribution in [2.45, 2.75) is 58.9 Å². The first-order valence-electron chi connectivity index (χ1n) is 7.57. The first-order valence-corrected chi connectivity index (χ1v) is 8.39. The van der Waals surface area contributed by atoms with E-state index in [1.54, 1.807) is 0 Å². The van der Waals surface area contributed by atoms with E-state index in [9.17, 15) is 0 Å². The summed E-state index contributed by atoms with van der Waals surface area (Å²) in [5.41, 5.74) is 1.34. The quantitative estimate of drug-likeness (QED) is 0.777. The van der Waals surface area contributed by atoms with Crippen molar-refractivity contribution >= 4 is 11.3 Å². The Bertz CT molecular complexity index is 404. The van der Waals surface area contributed by atoms with Gasteiger partial charge in [-0.1, -0.05) is 20.8 Å². The Hall–Kier alpha value is -0.450. The summed E-state index contributed by atoms with van der Waals surface area (Å²) in [6.45, 7) is 13.3. The highest BCUT2D eigenvalue weighted by atomic mass is 32.1. The molecular formula is C16H31N3S. The number of thiazole rings is 1. The summed E-state index contributed by atoms with van der Waals surface area (Å²) in [6.07, 6.45) is 2.48. The van der Waals surface area contributed by atoms with Gasteiger partial charge in [0.25, 0.3) is 0 Å². The number of aromatic nitrogens is 1. The first kappa shape index (κ1) is 17.6. The lowest BCUT2D eigenvalue weighted by atomic mass is 9.98. The Kier molecular flexibility index (Phi) is 6.62. The molecule has 1 aromatic heterocycles. The van der Waals surface area contributed by atoms with Crippen LogP contribution >= 0.6 is 11.3 Å². The summed E-state index contributed by atoms with van der Waals surface area (Å²) in [5, 5.41) is 4.87. The van der Waals surface area contributed by atoms with E-state index in [4.69, 9.17) is 4.98 Å². The van der Waals surface area contributed by atoms with E-state index in [-0.39, 0.29) is 5.41 Å². The van der Waals surface area contributed by atoms with Gasteiger partial charge in [-0.25, -0.2) is 4.98 Å². The zero-order valence-corrected chi connectivity index (χ0v) is 15.0. The highest BCUT2D eigenvalue weighted by molar-refractivity contribution is 7.12. The largest absolute Gasteiger partial charge is 0.309 e. The molecule has 0 saturated carbocycles. The van der Waals surface area contributed by atoms with Crippen LogP contribution in [0.15, 0.2) is 0 Å². The zero-order chi connectivity index (χ0) is 15.3. The summed E-state index contributed by atoms with van der Waals surface area (Å²) in [6, 6.07) is 0.406. The Morgan fingerprint density at radius 2 is 1.90 bits per heavy atom. The van der Waals surface area contributed by atoms with Gasteiger partial charge in [-0.05, 0) is 53.9 Å². The van der Waals surface area contributed by atoms with Crippen molar-refractivity contribution in [3.8, 4) is 0 Å². The van der Waals surface area contributed by atoms with Gasteiger partial charge in [-0.3, -0.25) is 0 Å². The van der Waals surface area contributed by atoms with Gasteiger partial charge in [0, 0.05) is 16.3 Å². The SMILES string of the molecule is Cc1nc(C(C)(C)C)sc1C(C)NCCCCN(C)C. The van der Waals surface area contributed by atoms with Crippen molar-refractivity contribution in [1.29, 1.82) is 0 Å². The molecule has 0 bridgehead atoms. The van der Waals surface area contributed by atoms with Crippen molar-refractivity contribution in [1.82, 2.24) is 15.2 Å². The second kappa shape index (κ2) is 7.53. The van der Waals surface area contributed by atoms with Crippen LogP contribution in [-0.2, 0) is 5.41 Å². The monoisotopic (exact) mass is 297 g/mol. The molecule has 0 aliphatic rings. The fraction of sp³-hybridized carbons (Fsp3) is 0.812. The van der Waals surface area contributed by atoms with Gasteiger partial charge in [0.15, 0.2) is 0 Å². The minimum absolute atomic E-state index is 0.152. The maximum absolute atomic E-state index is 4.74. The molecule has 4 heteroatoms. The molecule has 0 radical (unpaired) electrons. The number of hydrogen-bond acceptors (Lipinski definition) is 4. The maximum atomic E-state index is 4.74. The first-order chi connectivity index (χ1) is 9.21. The summed E-state index contributed by atoms with van der Waals surface area (Å²) in [7, 11) is 4.26. The molecule has 116 valence electrons. The topological polar surface area (TPSA) is 28.2 Å². The van der Waals surface area contributed by atoms with Crippen LogP contribution in [0.3, 0.4) is 0 Å². The third kappa shape index (κ3) is 5.51. The molecule has 0 saturated heterocycles. The lowest BCUT2D eigenvalue weighted by Crippen LogP contribution is -2.21. The van der Waals surface area contributed by atoms with Crippen molar-refractivity contribution in [2.24, 2.45) is 0 Å². The molecule has 3 nitrogen and oxygen atoms in total. The molecule has 1 unspecified atom stereocenters. The Morgan fingerprint density at radius 1 is 1.25 bits per heavy atom. The van der Waals surface area contributed by atoms with E-state index in [0.717, 1.165) is 6.54 Å². The molecule has 1 N–H and O–H groups in total. The molecule has 1 atom stereocenters. The fourth-order valence-electron chi connectivity index (χ4n) is 2.10. The molecule has 0 aliphatic heterocycles. The molecular weight excluding hydrogens is 266 g/mol. The molecule has 0 fully saturated rings. The van der Waals surface area contributed by atoms with Gasteiger partial charge in [0.2, 0.25) is 0 Å². The van der Waals surface area contributed by atoms with Gasteiger partial charge >= 0.3 is 0 Å². The van der Waals surface area contributed by atoms with Crippen molar-refractivity contribution < 1.29 is 0 Å². The molecule has 1 heterocycles. The molecule has 0 aromatic carbocycles.